The maximum atomic E-state index is 10.8. The minimum absolute atomic E-state index is 0.221. The molecule has 5 nitrogen and oxygen atoms in total. The van der Waals surface area contributed by atoms with Gasteiger partial charge in [-0.05, 0) is 6.42 Å². The zero-order valence-corrected chi connectivity index (χ0v) is 6.25. The Kier molecular flexibility index (Phi) is 1.61. The Balaban J connectivity index is 2.19. The zero-order chi connectivity index (χ0) is 8.88. The van der Waals surface area contributed by atoms with Gasteiger partial charge in [-0.3, -0.25) is 0 Å². The summed E-state index contributed by atoms with van der Waals surface area (Å²) in [5.74, 6) is -1.14. The second-order valence-corrected chi connectivity index (χ2v) is 3.30. The van der Waals surface area contributed by atoms with Crippen LogP contribution in [0.25, 0.3) is 0 Å². The molecule has 68 valence electrons. The first-order chi connectivity index (χ1) is 5.61. The predicted molar refractivity (Wildman–Crippen MR) is 36.0 cm³/mol. The van der Waals surface area contributed by atoms with E-state index >= 15 is 0 Å². The van der Waals surface area contributed by atoms with Crippen LogP contribution in [0.15, 0.2) is 0 Å². The summed E-state index contributed by atoms with van der Waals surface area (Å²) in [5.41, 5.74) is 0. The molecule has 5 heteroatoms. The minimum Gasteiger partial charge on any atom is -0.457 e. The summed E-state index contributed by atoms with van der Waals surface area (Å²) in [4.78, 5) is 10.8. The molecule has 12 heavy (non-hydrogen) atoms. The zero-order valence-electron chi connectivity index (χ0n) is 6.25. The van der Waals surface area contributed by atoms with Crippen molar-refractivity contribution in [2.24, 2.45) is 5.92 Å². The van der Waals surface area contributed by atoms with Crippen molar-refractivity contribution in [1.29, 1.82) is 0 Å². The Bertz CT molecular complexity index is 216. The van der Waals surface area contributed by atoms with Gasteiger partial charge in [-0.15, -0.1) is 0 Å². The van der Waals surface area contributed by atoms with Crippen LogP contribution in [0, 0.1) is 5.92 Å². The number of esters is 1. The van der Waals surface area contributed by atoms with E-state index in [2.05, 4.69) is 4.74 Å². The summed E-state index contributed by atoms with van der Waals surface area (Å²) >= 11 is 0. The first-order valence-corrected chi connectivity index (χ1v) is 3.86. The summed E-state index contributed by atoms with van der Waals surface area (Å²) < 4.78 is 4.68. The van der Waals surface area contributed by atoms with Crippen molar-refractivity contribution in [3.63, 3.8) is 0 Å². The number of rotatable bonds is 0. The van der Waals surface area contributed by atoms with Crippen LogP contribution < -0.4 is 0 Å². The topological polar surface area (TPSA) is 87.0 Å². The van der Waals surface area contributed by atoms with E-state index in [1.807, 2.05) is 0 Å². The van der Waals surface area contributed by atoms with Crippen molar-refractivity contribution in [2.45, 2.75) is 30.8 Å². The van der Waals surface area contributed by atoms with Gasteiger partial charge in [0.1, 0.15) is 12.2 Å². The van der Waals surface area contributed by atoms with Crippen molar-refractivity contribution in [1.82, 2.24) is 0 Å². The van der Waals surface area contributed by atoms with Crippen LogP contribution in [0.4, 0.5) is 0 Å². The van der Waals surface area contributed by atoms with E-state index in [0.717, 1.165) is 0 Å². The van der Waals surface area contributed by atoms with Gasteiger partial charge in [0.25, 0.3) is 0 Å². The molecule has 0 aromatic heterocycles. The molecule has 2 fully saturated rings. The molecule has 2 rings (SSSR count). The third kappa shape index (κ3) is 0.872. The van der Waals surface area contributed by atoms with Gasteiger partial charge >= 0.3 is 5.97 Å². The molecule has 0 bridgehead atoms. The van der Waals surface area contributed by atoms with Crippen molar-refractivity contribution in [3.05, 3.63) is 0 Å². The second-order valence-electron chi connectivity index (χ2n) is 3.30. The number of fused-ring (bicyclic) bond motifs is 1. The highest BCUT2D eigenvalue weighted by atomic mass is 16.6. The molecule has 1 aliphatic carbocycles. The molecule has 2 aliphatic rings. The lowest BCUT2D eigenvalue weighted by atomic mass is 10.0. The molecule has 1 heterocycles. The largest absolute Gasteiger partial charge is 0.457 e. The molecule has 1 aliphatic heterocycles. The number of carbonyl (C=O) groups is 1. The van der Waals surface area contributed by atoms with Crippen LogP contribution in [0.3, 0.4) is 0 Å². The first kappa shape index (κ1) is 7.97. The van der Waals surface area contributed by atoms with Gasteiger partial charge < -0.3 is 20.1 Å². The normalized spacial score (nSPS) is 52.2. The maximum absolute atomic E-state index is 10.8. The third-order valence-corrected chi connectivity index (χ3v) is 2.57. The van der Waals surface area contributed by atoms with Crippen LogP contribution in [-0.4, -0.2) is 45.7 Å². The molecule has 0 aromatic carbocycles. The Morgan fingerprint density at radius 3 is 2.58 bits per heavy atom. The first-order valence-electron chi connectivity index (χ1n) is 3.86. The number of aliphatic hydroxyl groups is 3. The van der Waals surface area contributed by atoms with Crippen molar-refractivity contribution in [2.75, 3.05) is 0 Å². The number of hydrogen-bond acceptors (Lipinski definition) is 5. The average Bonchev–Trinajstić information content (AvgIpc) is 2.43. The summed E-state index contributed by atoms with van der Waals surface area (Å²) in [6.07, 6.45) is -3.61. The molecular formula is C7H10O5. The molecule has 1 unspecified atom stereocenters. The molecule has 0 spiro atoms. The van der Waals surface area contributed by atoms with E-state index in [4.69, 9.17) is 5.11 Å². The van der Waals surface area contributed by atoms with Gasteiger partial charge in [-0.1, -0.05) is 0 Å². The molecule has 0 amide bonds. The van der Waals surface area contributed by atoms with Crippen molar-refractivity contribution >= 4 is 5.97 Å². The highest BCUT2D eigenvalue weighted by Gasteiger charge is 2.54. The predicted octanol–water partition coefficient (Wildman–Crippen LogP) is -1.99. The lowest BCUT2D eigenvalue weighted by molar-refractivity contribution is -0.152. The van der Waals surface area contributed by atoms with E-state index in [9.17, 15) is 15.0 Å². The number of carbonyl (C=O) groups excluding carboxylic acids is 1. The number of hydrogen-bond donors (Lipinski definition) is 3. The van der Waals surface area contributed by atoms with Crippen LogP contribution >= 0.6 is 0 Å². The second kappa shape index (κ2) is 2.42. The summed E-state index contributed by atoms with van der Waals surface area (Å²) in [6.45, 7) is 0. The van der Waals surface area contributed by atoms with Gasteiger partial charge in [-0.2, -0.15) is 0 Å². The van der Waals surface area contributed by atoms with Crippen LogP contribution in [0.1, 0.15) is 6.42 Å². The van der Waals surface area contributed by atoms with Crippen LogP contribution in [0.5, 0.6) is 0 Å². The van der Waals surface area contributed by atoms with Gasteiger partial charge in [0, 0.05) is 5.92 Å². The van der Waals surface area contributed by atoms with Gasteiger partial charge in [-0.25, -0.2) is 4.79 Å². The van der Waals surface area contributed by atoms with E-state index in [1.54, 1.807) is 0 Å². The summed E-state index contributed by atoms with van der Waals surface area (Å²) in [6, 6.07) is 0. The van der Waals surface area contributed by atoms with Gasteiger partial charge in [0.15, 0.2) is 6.10 Å². The van der Waals surface area contributed by atoms with Crippen LogP contribution in [-0.2, 0) is 9.53 Å². The Hall–Kier alpha value is -0.650. The fourth-order valence-corrected chi connectivity index (χ4v) is 1.87. The number of ether oxygens (including phenoxy) is 1. The fourth-order valence-electron chi connectivity index (χ4n) is 1.87. The Labute approximate surface area is 68.6 Å². The molecule has 0 aromatic rings. The lowest BCUT2D eigenvalue weighted by Crippen LogP contribution is -2.30. The molecule has 3 N–H and O–H groups in total. The highest BCUT2D eigenvalue weighted by Crippen LogP contribution is 2.36. The Morgan fingerprint density at radius 1 is 1.33 bits per heavy atom. The minimum atomic E-state index is -1.18. The standard InChI is InChI=1S/C7H10O5/c8-3-1-2-4(9)7(11)12-6(2)5(3)10/h2-6,8-10H,1H2/t2-,3?,4+,5+,6+/m1/s1. The van der Waals surface area contributed by atoms with E-state index in [0.29, 0.717) is 0 Å². The lowest BCUT2D eigenvalue weighted by Gasteiger charge is -2.12. The van der Waals surface area contributed by atoms with Crippen molar-refractivity contribution < 1.29 is 24.9 Å². The van der Waals surface area contributed by atoms with Crippen LogP contribution in [0.2, 0.25) is 0 Å². The van der Waals surface area contributed by atoms with E-state index in [-0.39, 0.29) is 6.42 Å². The quantitative estimate of drug-likeness (QED) is 0.370. The molecule has 5 atom stereocenters. The molecular weight excluding hydrogens is 164 g/mol. The smallest absolute Gasteiger partial charge is 0.335 e. The fraction of sp³-hybridized carbons (Fsp3) is 0.857. The summed E-state index contributed by atoms with van der Waals surface area (Å²) in [5, 5.41) is 27.6. The van der Waals surface area contributed by atoms with Crippen molar-refractivity contribution in [3.8, 4) is 0 Å². The maximum Gasteiger partial charge on any atom is 0.335 e. The highest BCUT2D eigenvalue weighted by molar-refractivity contribution is 5.77. The monoisotopic (exact) mass is 174 g/mol. The Morgan fingerprint density at radius 2 is 2.00 bits per heavy atom. The molecule has 0 radical (unpaired) electrons. The summed E-state index contributed by atoms with van der Waals surface area (Å²) in [7, 11) is 0. The molecule has 1 saturated carbocycles. The van der Waals surface area contributed by atoms with Gasteiger partial charge in [0.2, 0.25) is 0 Å². The third-order valence-electron chi connectivity index (χ3n) is 2.57. The van der Waals surface area contributed by atoms with E-state index in [1.165, 1.54) is 0 Å². The number of aliphatic hydroxyl groups excluding tert-OH is 3. The SMILES string of the molecule is O=C1O[C@H]2[C@H](CC(O)[C@@H]2O)[C@@H]1O. The molecule has 1 saturated heterocycles. The average molecular weight is 174 g/mol. The van der Waals surface area contributed by atoms with Gasteiger partial charge in [0.05, 0.1) is 6.10 Å². The van der Waals surface area contributed by atoms with E-state index < -0.39 is 36.3 Å².